The second-order valence-electron chi connectivity index (χ2n) is 6.79. The van der Waals surface area contributed by atoms with E-state index in [1.54, 1.807) is 0 Å². The van der Waals surface area contributed by atoms with Crippen molar-refractivity contribution >= 4 is 0 Å². The predicted molar refractivity (Wildman–Crippen MR) is 73.5 cm³/mol. The monoisotopic (exact) mass is 252 g/mol. The van der Waals surface area contributed by atoms with Gasteiger partial charge in [-0.05, 0) is 63.5 Å². The Hall–Kier alpha value is -0.120. The number of likely N-dealkylation sites (tertiary alicyclic amines) is 1. The van der Waals surface area contributed by atoms with E-state index in [0.29, 0.717) is 5.92 Å². The second kappa shape index (κ2) is 5.10. The third kappa shape index (κ3) is 2.33. The molecule has 3 unspecified atom stereocenters. The Labute approximate surface area is 111 Å². The van der Waals surface area contributed by atoms with E-state index in [0.717, 1.165) is 25.1 Å². The minimum Gasteiger partial charge on any atom is -0.375 e. The van der Waals surface area contributed by atoms with E-state index in [2.05, 4.69) is 11.8 Å². The molecule has 1 spiro atoms. The zero-order valence-electron chi connectivity index (χ0n) is 11.7. The molecule has 3 heteroatoms. The molecule has 3 rings (SSSR count). The highest BCUT2D eigenvalue weighted by Gasteiger charge is 2.44. The van der Waals surface area contributed by atoms with Gasteiger partial charge in [0.05, 0.1) is 5.60 Å². The van der Waals surface area contributed by atoms with Crippen LogP contribution < -0.4 is 5.73 Å². The molecular formula is C15H28N2O. The van der Waals surface area contributed by atoms with Gasteiger partial charge in [-0.2, -0.15) is 0 Å². The summed E-state index contributed by atoms with van der Waals surface area (Å²) in [6.07, 6.45) is 7.80. The van der Waals surface area contributed by atoms with E-state index >= 15 is 0 Å². The molecule has 3 nitrogen and oxygen atoms in total. The quantitative estimate of drug-likeness (QED) is 0.817. The summed E-state index contributed by atoms with van der Waals surface area (Å²) in [5.41, 5.74) is 6.21. The van der Waals surface area contributed by atoms with Crippen molar-refractivity contribution in [2.24, 2.45) is 17.6 Å². The molecule has 1 aliphatic carbocycles. The zero-order valence-corrected chi connectivity index (χ0v) is 11.7. The van der Waals surface area contributed by atoms with Crippen molar-refractivity contribution in [1.82, 2.24) is 4.90 Å². The number of hydrogen-bond acceptors (Lipinski definition) is 3. The lowest BCUT2D eigenvalue weighted by molar-refractivity contribution is -0.151. The van der Waals surface area contributed by atoms with Crippen LogP contribution in [0, 0.1) is 11.8 Å². The summed E-state index contributed by atoms with van der Waals surface area (Å²) in [5.74, 6) is 1.52. The number of ether oxygens (including phenoxy) is 1. The molecule has 0 bridgehead atoms. The van der Waals surface area contributed by atoms with Crippen molar-refractivity contribution in [2.45, 2.75) is 57.1 Å². The Morgan fingerprint density at radius 3 is 2.83 bits per heavy atom. The molecule has 1 saturated carbocycles. The summed E-state index contributed by atoms with van der Waals surface area (Å²) in [7, 11) is 0. The smallest absolute Gasteiger partial charge is 0.0697 e. The maximum absolute atomic E-state index is 6.05. The maximum atomic E-state index is 6.05. The van der Waals surface area contributed by atoms with E-state index in [1.807, 2.05) is 0 Å². The molecule has 2 aliphatic heterocycles. The first-order valence-corrected chi connectivity index (χ1v) is 7.80. The first-order valence-electron chi connectivity index (χ1n) is 7.80. The first-order chi connectivity index (χ1) is 8.72. The van der Waals surface area contributed by atoms with Crippen LogP contribution in [0.3, 0.4) is 0 Å². The van der Waals surface area contributed by atoms with Crippen molar-refractivity contribution in [1.29, 1.82) is 0 Å². The van der Waals surface area contributed by atoms with Gasteiger partial charge < -0.3 is 10.5 Å². The molecule has 0 radical (unpaired) electrons. The van der Waals surface area contributed by atoms with E-state index in [9.17, 15) is 0 Å². The lowest BCUT2D eigenvalue weighted by Gasteiger charge is -2.51. The summed E-state index contributed by atoms with van der Waals surface area (Å²) in [6, 6.07) is 0.764. The standard InChI is InChI=1S/C15H28N2O/c1-12-3-7-17(11-13(12)10-16)14-4-8-18-15(9-14)5-2-6-15/h12-14H,2-11,16H2,1H3. The number of rotatable bonds is 2. The van der Waals surface area contributed by atoms with E-state index in [4.69, 9.17) is 10.5 Å². The van der Waals surface area contributed by atoms with Crippen LogP contribution in [0.25, 0.3) is 0 Å². The van der Waals surface area contributed by atoms with Gasteiger partial charge >= 0.3 is 0 Å². The maximum Gasteiger partial charge on any atom is 0.0697 e. The normalized spacial score (nSPS) is 40.7. The van der Waals surface area contributed by atoms with Gasteiger partial charge in [-0.15, -0.1) is 0 Å². The number of nitrogens with zero attached hydrogens (tertiary/aromatic N) is 1. The lowest BCUT2D eigenvalue weighted by Crippen LogP contribution is -2.55. The van der Waals surface area contributed by atoms with Crippen molar-refractivity contribution in [2.75, 3.05) is 26.2 Å². The largest absolute Gasteiger partial charge is 0.375 e. The van der Waals surface area contributed by atoms with Gasteiger partial charge in [-0.1, -0.05) is 6.92 Å². The van der Waals surface area contributed by atoms with Crippen LogP contribution in [-0.4, -0.2) is 42.8 Å². The van der Waals surface area contributed by atoms with Gasteiger partial charge in [0.25, 0.3) is 0 Å². The molecule has 2 saturated heterocycles. The molecule has 0 aromatic carbocycles. The predicted octanol–water partition coefficient (Wildman–Crippen LogP) is 2.00. The fourth-order valence-electron chi connectivity index (χ4n) is 4.05. The van der Waals surface area contributed by atoms with Gasteiger partial charge in [-0.25, -0.2) is 0 Å². The highest BCUT2D eigenvalue weighted by atomic mass is 16.5. The average Bonchev–Trinajstić information content (AvgIpc) is 2.37. The van der Waals surface area contributed by atoms with Crippen molar-refractivity contribution in [3.8, 4) is 0 Å². The molecular weight excluding hydrogens is 224 g/mol. The van der Waals surface area contributed by atoms with E-state index in [1.165, 1.54) is 51.6 Å². The highest BCUT2D eigenvalue weighted by Crippen LogP contribution is 2.44. The first kappa shape index (κ1) is 12.9. The van der Waals surface area contributed by atoms with Crippen LogP contribution in [-0.2, 0) is 4.74 Å². The van der Waals surface area contributed by atoms with Crippen LogP contribution in [0.1, 0.15) is 45.4 Å². The minimum atomic E-state index is 0.282. The summed E-state index contributed by atoms with van der Waals surface area (Å²) in [5, 5.41) is 0. The fourth-order valence-corrected chi connectivity index (χ4v) is 4.05. The Morgan fingerprint density at radius 1 is 1.33 bits per heavy atom. The third-order valence-corrected chi connectivity index (χ3v) is 5.70. The summed E-state index contributed by atoms with van der Waals surface area (Å²) >= 11 is 0. The zero-order chi connectivity index (χ0) is 12.6. The van der Waals surface area contributed by atoms with Crippen LogP contribution in [0.2, 0.25) is 0 Å². The molecule has 0 amide bonds. The Kier molecular flexibility index (Phi) is 3.65. The molecule has 2 N–H and O–H groups in total. The topological polar surface area (TPSA) is 38.5 Å². The van der Waals surface area contributed by atoms with Crippen molar-refractivity contribution in [3.63, 3.8) is 0 Å². The SMILES string of the molecule is CC1CCN(C2CCOC3(CCC3)C2)CC1CN. The Bertz CT molecular complexity index is 290. The summed E-state index contributed by atoms with van der Waals surface area (Å²) in [4.78, 5) is 2.72. The molecule has 3 aliphatic rings. The van der Waals surface area contributed by atoms with Gasteiger partial charge in [-0.3, -0.25) is 4.90 Å². The van der Waals surface area contributed by atoms with E-state index in [-0.39, 0.29) is 5.60 Å². The number of piperidine rings is 1. The van der Waals surface area contributed by atoms with Crippen LogP contribution in [0.4, 0.5) is 0 Å². The van der Waals surface area contributed by atoms with Crippen molar-refractivity contribution < 1.29 is 4.74 Å². The average molecular weight is 252 g/mol. The molecule has 2 heterocycles. The van der Waals surface area contributed by atoms with Crippen molar-refractivity contribution in [3.05, 3.63) is 0 Å². The molecule has 18 heavy (non-hydrogen) atoms. The molecule has 3 atom stereocenters. The third-order valence-electron chi connectivity index (χ3n) is 5.70. The molecule has 104 valence electrons. The highest BCUT2D eigenvalue weighted by molar-refractivity contribution is 4.97. The Morgan fingerprint density at radius 2 is 2.17 bits per heavy atom. The van der Waals surface area contributed by atoms with Gasteiger partial charge in [0, 0.05) is 19.2 Å². The van der Waals surface area contributed by atoms with Crippen LogP contribution in [0.15, 0.2) is 0 Å². The van der Waals surface area contributed by atoms with E-state index < -0.39 is 0 Å². The van der Waals surface area contributed by atoms with Gasteiger partial charge in [0.2, 0.25) is 0 Å². The van der Waals surface area contributed by atoms with Gasteiger partial charge in [0.15, 0.2) is 0 Å². The van der Waals surface area contributed by atoms with Gasteiger partial charge in [0.1, 0.15) is 0 Å². The molecule has 0 aromatic heterocycles. The van der Waals surface area contributed by atoms with Crippen LogP contribution in [0.5, 0.6) is 0 Å². The lowest BCUT2D eigenvalue weighted by atomic mass is 9.73. The second-order valence-corrected chi connectivity index (χ2v) is 6.79. The minimum absolute atomic E-state index is 0.282. The number of hydrogen-bond donors (Lipinski definition) is 1. The summed E-state index contributed by atoms with van der Waals surface area (Å²) < 4.78 is 6.05. The molecule has 0 aromatic rings. The number of nitrogens with two attached hydrogens (primary N) is 1. The Balaban J connectivity index is 1.60. The summed E-state index contributed by atoms with van der Waals surface area (Å²) in [6.45, 7) is 6.69. The fraction of sp³-hybridized carbons (Fsp3) is 1.00. The van der Waals surface area contributed by atoms with Crippen LogP contribution >= 0.6 is 0 Å². The molecule has 3 fully saturated rings.